The molecular weight excluding hydrogens is 408 g/mol. The molecule has 156 valence electrons. The number of hydrogen-bond donors (Lipinski definition) is 2. The molecule has 2 aromatic carbocycles. The zero-order valence-electron chi connectivity index (χ0n) is 17.5. The zero-order valence-corrected chi connectivity index (χ0v) is 18.3. The number of nitrogens with one attached hydrogen (secondary N) is 2. The van der Waals surface area contributed by atoms with Crippen molar-refractivity contribution in [3.05, 3.63) is 83.7 Å². The van der Waals surface area contributed by atoms with Crippen LogP contribution < -0.4 is 10.6 Å². The van der Waals surface area contributed by atoms with Gasteiger partial charge in [0, 0.05) is 27.5 Å². The van der Waals surface area contributed by atoms with Crippen molar-refractivity contribution in [1.29, 1.82) is 0 Å². The van der Waals surface area contributed by atoms with Gasteiger partial charge in [-0.2, -0.15) is 5.10 Å². The lowest BCUT2D eigenvalue weighted by Crippen LogP contribution is -2.11. The Kier molecular flexibility index (Phi) is 5.99. The second-order valence-corrected chi connectivity index (χ2v) is 7.88. The maximum Gasteiger partial charge on any atom is 0.255 e. The van der Waals surface area contributed by atoms with Gasteiger partial charge in [-0.15, -0.1) is 22.0 Å². The fourth-order valence-electron chi connectivity index (χ4n) is 3.10. The lowest BCUT2D eigenvalue weighted by Gasteiger charge is -2.09. The molecule has 0 aliphatic carbocycles. The third-order valence-electron chi connectivity index (χ3n) is 4.64. The third-order valence-corrected chi connectivity index (χ3v) is 5.39. The van der Waals surface area contributed by atoms with E-state index in [4.69, 9.17) is 0 Å². The van der Waals surface area contributed by atoms with Crippen LogP contribution in [-0.2, 0) is 0 Å². The van der Waals surface area contributed by atoms with Gasteiger partial charge in [0.15, 0.2) is 11.6 Å². The highest BCUT2D eigenvalue weighted by molar-refractivity contribution is 7.98. The third kappa shape index (κ3) is 4.92. The standard InChI is InChI=1S/C23H22N6OS/c1-15-14-16(2)29(28-15)22-13-12-21(26-27-22)24-18-6-8-19(9-7-18)25-23(30)17-4-10-20(31-3)11-5-17/h4-14H,1-3H3,(H,24,26)(H,25,30). The minimum atomic E-state index is -0.140. The van der Waals surface area contributed by atoms with Crippen molar-refractivity contribution in [3.63, 3.8) is 0 Å². The molecule has 8 heteroatoms. The van der Waals surface area contributed by atoms with Crippen molar-refractivity contribution < 1.29 is 4.79 Å². The first kappa shape index (κ1) is 20.6. The van der Waals surface area contributed by atoms with Crippen molar-refractivity contribution in [2.45, 2.75) is 18.7 Å². The second-order valence-electron chi connectivity index (χ2n) is 7.00. The molecular formula is C23H22N6OS. The van der Waals surface area contributed by atoms with Crippen molar-refractivity contribution >= 4 is 34.9 Å². The first-order valence-corrected chi connectivity index (χ1v) is 10.9. The Bertz CT molecular complexity index is 1180. The van der Waals surface area contributed by atoms with E-state index in [9.17, 15) is 4.79 Å². The van der Waals surface area contributed by atoms with E-state index in [0.717, 1.165) is 27.7 Å². The van der Waals surface area contributed by atoms with Gasteiger partial charge in [-0.3, -0.25) is 4.79 Å². The summed E-state index contributed by atoms with van der Waals surface area (Å²) in [5.41, 5.74) is 4.12. The molecule has 0 aliphatic heterocycles. The number of nitrogens with zero attached hydrogens (tertiary/aromatic N) is 4. The van der Waals surface area contributed by atoms with Crippen molar-refractivity contribution in [2.75, 3.05) is 16.9 Å². The monoisotopic (exact) mass is 430 g/mol. The molecule has 2 heterocycles. The summed E-state index contributed by atoms with van der Waals surface area (Å²) in [6, 6.07) is 20.7. The minimum Gasteiger partial charge on any atom is -0.339 e. The van der Waals surface area contributed by atoms with Gasteiger partial charge in [0.1, 0.15) is 0 Å². The van der Waals surface area contributed by atoms with Crippen LogP contribution in [0.4, 0.5) is 17.2 Å². The van der Waals surface area contributed by atoms with E-state index in [0.29, 0.717) is 17.2 Å². The smallest absolute Gasteiger partial charge is 0.255 e. The molecule has 0 saturated carbocycles. The molecule has 0 unspecified atom stereocenters. The van der Waals surface area contributed by atoms with Crippen LogP contribution in [0.3, 0.4) is 0 Å². The molecule has 0 radical (unpaired) electrons. The largest absolute Gasteiger partial charge is 0.339 e. The number of benzene rings is 2. The van der Waals surface area contributed by atoms with Gasteiger partial charge >= 0.3 is 0 Å². The van der Waals surface area contributed by atoms with Crippen molar-refractivity contribution in [3.8, 4) is 5.82 Å². The van der Waals surface area contributed by atoms with Gasteiger partial charge < -0.3 is 10.6 Å². The van der Waals surface area contributed by atoms with E-state index in [2.05, 4.69) is 25.9 Å². The fourth-order valence-corrected chi connectivity index (χ4v) is 3.50. The molecule has 0 fully saturated rings. The summed E-state index contributed by atoms with van der Waals surface area (Å²) in [6.45, 7) is 3.92. The van der Waals surface area contributed by atoms with Crippen LogP contribution in [-0.4, -0.2) is 32.1 Å². The Hall–Kier alpha value is -3.65. The topological polar surface area (TPSA) is 84.7 Å². The van der Waals surface area contributed by atoms with Gasteiger partial charge in [0.2, 0.25) is 0 Å². The zero-order chi connectivity index (χ0) is 21.8. The number of aryl methyl sites for hydroxylation is 2. The number of amides is 1. The number of carbonyl (C=O) groups is 1. The Morgan fingerprint density at radius 2 is 1.61 bits per heavy atom. The van der Waals surface area contributed by atoms with Crippen LogP contribution >= 0.6 is 11.8 Å². The van der Waals surface area contributed by atoms with Crippen LogP contribution in [0, 0.1) is 13.8 Å². The summed E-state index contributed by atoms with van der Waals surface area (Å²) < 4.78 is 1.76. The Labute approximate surface area is 184 Å². The number of aromatic nitrogens is 4. The van der Waals surface area contributed by atoms with Gasteiger partial charge in [-0.1, -0.05) is 0 Å². The second kappa shape index (κ2) is 9.01. The van der Waals surface area contributed by atoms with Crippen molar-refractivity contribution in [1.82, 2.24) is 20.0 Å². The molecule has 0 saturated heterocycles. The van der Waals surface area contributed by atoms with Crippen LogP contribution in [0.15, 0.2) is 71.6 Å². The summed E-state index contributed by atoms with van der Waals surface area (Å²) in [6.07, 6.45) is 2.01. The van der Waals surface area contributed by atoms with E-state index in [1.165, 1.54) is 0 Å². The molecule has 31 heavy (non-hydrogen) atoms. The highest BCUT2D eigenvalue weighted by Gasteiger charge is 2.08. The normalized spacial score (nSPS) is 10.7. The van der Waals surface area contributed by atoms with Crippen molar-refractivity contribution in [2.24, 2.45) is 0 Å². The highest BCUT2D eigenvalue weighted by Crippen LogP contribution is 2.20. The molecule has 2 aromatic heterocycles. The predicted molar refractivity (Wildman–Crippen MR) is 125 cm³/mol. The lowest BCUT2D eigenvalue weighted by atomic mass is 10.2. The van der Waals surface area contributed by atoms with Gasteiger partial charge in [0.05, 0.1) is 5.69 Å². The highest BCUT2D eigenvalue weighted by atomic mass is 32.2. The molecule has 2 N–H and O–H groups in total. The minimum absolute atomic E-state index is 0.140. The lowest BCUT2D eigenvalue weighted by molar-refractivity contribution is 0.102. The number of carbonyl (C=O) groups excluding carboxylic acids is 1. The van der Waals surface area contributed by atoms with Gasteiger partial charge in [-0.05, 0) is 86.8 Å². The van der Waals surface area contributed by atoms with Crippen LogP contribution in [0.2, 0.25) is 0 Å². The van der Waals surface area contributed by atoms with Crippen LogP contribution in [0.25, 0.3) is 5.82 Å². The summed E-state index contributed by atoms with van der Waals surface area (Å²) in [7, 11) is 0. The van der Waals surface area contributed by atoms with Crippen LogP contribution in [0.1, 0.15) is 21.7 Å². The SMILES string of the molecule is CSc1ccc(C(=O)Nc2ccc(Nc3ccc(-n4nc(C)cc4C)nn3)cc2)cc1. The number of rotatable bonds is 6. The van der Waals surface area contributed by atoms with Gasteiger partial charge in [-0.25, -0.2) is 4.68 Å². The molecule has 7 nitrogen and oxygen atoms in total. The number of hydrogen-bond acceptors (Lipinski definition) is 6. The summed E-state index contributed by atoms with van der Waals surface area (Å²) in [4.78, 5) is 13.5. The first-order valence-electron chi connectivity index (χ1n) is 9.72. The molecule has 4 rings (SSSR count). The van der Waals surface area contributed by atoms with Gasteiger partial charge in [0.25, 0.3) is 5.91 Å². The molecule has 0 bridgehead atoms. The van der Waals surface area contributed by atoms with E-state index in [-0.39, 0.29) is 5.91 Å². The van der Waals surface area contributed by atoms with E-state index in [1.807, 2.05) is 86.8 Å². The predicted octanol–water partition coefficient (Wildman–Crippen LogP) is 5.00. The molecule has 4 aromatic rings. The Balaban J connectivity index is 1.39. The molecule has 0 atom stereocenters. The first-order chi connectivity index (χ1) is 15.0. The van der Waals surface area contributed by atoms with E-state index < -0.39 is 0 Å². The fraction of sp³-hybridized carbons (Fsp3) is 0.130. The maximum absolute atomic E-state index is 12.4. The average molecular weight is 431 g/mol. The summed E-state index contributed by atoms with van der Waals surface area (Å²) in [5, 5.41) is 19.0. The molecule has 0 spiro atoms. The summed E-state index contributed by atoms with van der Waals surface area (Å²) in [5.74, 6) is 1.15. The van der Waals surface area contributed by atoms with E-state index in [1.54, 1.807) is 16.4 Å². The molecule has 1 amide bonds. The maximum atomic E-state index is 12.4. The summed E-state index contributed by atoms with van der Waals surface area (Å²) >= 11 is 1.64. The quantitative estimate of drug-likeness (QED) is 0.419. The Morgan fingerprint density at radius 3 is 2.19 bits per heavy atom. The number of anilines is 3. The Morgan fingerprint density at radius 1 is 0.903 bits per heavy atom. The molecule has 0 aliphatic rings. The average Bonchev–Trinajstić information content (AvgIpc) is 3.13. The van der Waals surface area contributed by atoms with E-state index >= 15 is 0 Å². The number of thioether (sulfide) groups is 1. The van der Waals surface area contributed by atoms with Crippen LogP contribution in [0.5, 0.6) is 0 Å².